The summed E-state index contributed by atoms with van der Waals surface area (Å²) in [5.41, 5.74) is 9.82. The summed E-state index contributed by atoms with van der Waals surface area (Å²) in [5, 5.41) is 8.83. The summed E-state index contributed by atoms with van der Waals surface area (Å²) in [6, 6.07) is 18.6. The van der Waals surface area contributed by atoms with E-state index in [4.69, 9.17) is 10.3 Å². The number of hydrogen-bond donors (Lipinski definition) is 0. The van der Waals surface area contributed by atoms with Crippen molar-refractivity contribution in [2.45, 2.75) is 39.4 Å². The first-order chi connectivity index (χ1) is 15.1. The van der Waals surface area contributed by atoms with Gasteiger partial charge in [0.05, 0.1) is 31.2 Å². The quantitative estimate of drug-likeness (QED) is 0.660. The molecule has 0 saturated carbocycles. The molecule has 2 aromatic carbocycles. The Morgan fingerprint density at radius 2 is 1.84 bits per heavy atom. The van der Waals surface area contributed by atoms with E-state index in [1.54, 1.807) is 0 Å². The van der Waals surface area contributed by atoms with E-state index in [0.717, 1.165) is 33.7 Å². The molecule has 0 fully saturated rings. The average Bonchev–Trinajstić information content (AvgIpc) is 3.17. The predicted octanol–water partition coefficient (Wildman–Crippen LogP) is 3.89. The molecule has 0 atom stereocenters. The first kappa shape index (κ1) is 19.2. The molecule has 0 saturated heterocycles. The predicted molar refractivity (Wildman–Crippen MR) is 118 cm³/mol. The van der Waals surface area contributed by atoms with Gasteiger partial charge in [-0.15, -0.1) is 0 Å². The second-order valence-electron chi connectivity index (χ2n) is 8.21. The molecule has 0 bridgehead atoms. The van der Waals surface area contributed by atoms with Gasteiger partial charge < -0.3 is 4.90 Å². The van der Waals surface area contributed by atoms with Gasteiger partial charge in [-0.1, -0.05) is 30.3 Å². The van der Waals surface area contributed by atoms with E-state index in [1.807, 2.05) is 48.4 Å². The van der Waals surface area contributed by atoms with Crippen molar-refractivity contribution >= 4 is 11.6 Å². The molecule has 0 radical (unpaired) electrons. The molecule has 0 spiro atoms. The van der Waals surface area contributed by atoms with Crippen molar-refractivity contribution in [1.29, 1.82) is 5.26 Å². The van der Waals surface area contributed by atoms with Gasteiger partial charge in [0.2, 0.25) is 5.91 Å². The van der Waals surface area contributed by atoms with Crippen LogP contribution < -0.4 is 0 Å². The maximum atomic E-state index is 12.8. The zero-order valence-corrected chi connectivity index (χ0v) is 17.4. The minimum absolute atomic E-state index is 0.150. The highest BCUT2D eigenvalue weighted by atomic mass is 16.2. The summed E-state index contributed by atoms with van der Waals surface area (Å²) in [6.07, 6.45) is 2.66. The second-order valence-corrected chi connectivity index (χ2v) is 8.21. The van der Waals surface area contributed by atoms with Crippen LogP contribution in [-0.4, -0.2) is 21.5 Å². The first-order valence-corrected chi connectivity index (χ1v) is 10.5. The Kier molecular flexibility index (Phi) is 4.83. The lowest BCUT2D eigenvalue weighted by atomic mass is 9.91. The summed E-state index contributed by atoms with van der Waals surface area (Å²) in [5.74, 6) is 0.150. The Morgan fingerprint density at radius 3 is 2.61 bits per heavy atom. The summed E-state index contributed by atoms with van der Waals surface area (Å²) in [4.78, 5) is 23.8. The third kappa shape index (κ3) is 3.73. The number of amides is 1. The third-order valence-electron chi connectivity index (χ3n) is 5.99. The van der Waals surface area contributed by atoms with Gasteiger partial charge in [-0.05, 0) is 52.9 Å². The molecule has 3 aromatic rings. The Bertz CT molecular complexity index is 1250. The molecule has 1 aromatic heterocycles. The van der Waals surface area contributed by atoms with Gasteiger partial charge in [0.1, 0.15) is 0 Å². The topological polar surface area (TPSA) is 69.3 Å². The molecule has 1 amide bonds. The number of carbonyl (C=O) groups is 1. The number of carbonyl (C=O) groups excluding carboxylic acids is 1. The highest BCUT2D eigenvalue weighted by molar-refractivity contribution is 6.15. The summed E-state index contributed by atoms with van der Waals surface area (Å²) >= 11 is 0. The largest absolute Gasteiger partial charge is 0.334 e. The number of pyridine rings is 1. The van der Waals surface area contributed by atoms with Gasteiger partial charge in [-0.25, -0.2) is 0 Å². The van der Waals surface area contributed by atoms with Crippen molar-refractivity contribution in [2.75, 3.05) is 0 Å². The van der Waals surface area contributed by atoms with Crippen LogP contribution >= 0.6 is 0 Å². The van der Waals surface area contributed by atoms with E-state index in [9.17, 15) is 4.79 Å². The van der Waals surface area contributed by atoms with Crippen molar-refractivity contribution in [3.63, 3.8) is 0 Å². The van der Waals surface area contributed by atoms with Crippen LogP contribution in [0, 0.1) is 18.3 Å². The van der Waals surface area contributed by atoms with Crippen LogP contribution in [0.15, 0.2) is 59.7 Å². The van der Waals surface area contributed by atoms with Crippen LogP contribution in [0.5, 0.6) is 0 Å². The van der Waals surface area contributed by atoms with Crippen molar-refractivity contribution in [1.82, 2.24) is 9.88 Å². The SMILES string of the molecule is Cc1cc(C2=NCc3cc4c(cc32)CN(Cc2ccc(CC#N)cc2)C(=O)C4)ccn1. The maximum absolute atomic E-state index is 12.8. The molecule has 0 unspecified atom stereocenters. The smallest absolute Gasteiger partial charge is 0.227 e. The van der Waals surface area contributed by atoms with Crippen molar-refractivity contribution in [2.24, 2.45) is 4.99 Å². The number of aryl methyl sites for hydroxylation is 1. The monoisotopic (exact) mass is 406 g/mol. The highest BCUT2D eigenvalue weighted by Gasteiger charge is 2.27. The minimum atomic E-state index is 0.150. The molecular formula is C26H22N4O. The van der Waals surface area contributed by atoms with E-state index < -0.39 is 0 Å². The van der Waals surface area contributed by atoms with Crippen molar-refractivity contribution in [3.8, 4) is 6.07 Å². The number of nitrogens with zero attached hydrogens (tertiary/aromatic N) is 4. The van der Waals surface area contributed by atoms with Gasteiger partial charge in [0.25, 0.3) is 0 Å². The first-order valence-electron chi connectivity index (χ1n) is 10.5. The second kappa shape index (κ2) is 7.81. The number of aromatic nitrogens is 1. The van der Waals surface area contributed by atoms with E-state index in [1.165, 1.54) is 16.7 Å². The normalized spacial score (nSPS) is 14.6. The molecular weight excluding hydrogens is 384 g/mol. The third-order valence-corrected chi connectivity index (χ3v) is 5.99. The molecule has 0 aliphatic carbocycles. The highest BCUT2D eigenvalue weighted by Crippen LogP contribution is 2.30. The standard InChI is InChI=1S/C26H22N4O/c1-17-10-20(7-9-28-17)26-24-12-23-16-30(15-19-4-2-18(3-5-19)6-8-27)25(31)13-21(23)11-22(24)14-29-26/h2-5,7,9-12H,6,13-16H2,1H3. The van der Waals surface area contributed by atoms with Crippen LogP contribution in [0.2, 0.25) is 0 Å². The lowest BCUT2D eigenvalue weighted by Crippen LogP contribution is -2.35. The van der Waals surface area contributed by atoms with Gasteiger partial charge >= 0.3 is 0 Å². The fourth-order valence-corrected chi connectivity index (χ4v) is 4.38. The summed E-state index contributed by atoms with van der Waals surface area (Å²) in [6.45, 7) is 3.83. The van der Waals surface area contributed by atoms with E-state index in [2.05, 4.69) is 29.3 Å². The molecule has 5 nitrogen and oxygen atoms in total. The van der Waals surface area contributed by atoms with Gasteiger partial charge in [-0.2, -0.15) is 5.26 Å². The van der Waals surface area contributed by atoms with Gasteiger partial charge in [-0.3, -0.25) is 14.8 Å². The molecule has 3 heterocycles. The van der Waals surface area contributed by atoms with Crippen LogP contribution in [0.3, 0.4) is 0 Å². The lowest BCUT2D eigenvalue weighted by Gasteiger charge is -2.29. The molecule has 5 rings (SSSR count). The number of benzene rings is 2. The number of fused-ring (bicyclic) bond motifs is 2. The molecule has 31 heavy (non-hydrogen) atoms. The van der Waals surface area contributed by atoms with Gasteiger partial charge in [0, 0.05) is 36.1 Å². The van der Waals surface area contributed by atoms with Gasteiger partial charge in [0.15, 0.2) is 0 Å². The number of rotatable bonds is 4. The number of nitriles is 1. The van der Waals surface area contributed by atoms with Crippen LogP contribution in [-0.2, 0) is 37.3 Å². The zero-order valence-electron chi connectivity index (χ0n) is 17.4. The average molecular weight is 406 g/mol. The number of aliphatic imine (C=N–C) groups is 1. The maximum Gasteiger partial charge on any atom is 0.227 e. The van der Waals surface area contributed by atoms with Crippen LogP contribution in [0.4, 0.5) is 0 Å². The number of hydrogen-bond acceptors (Lipinski definition) is 4. The summed E-state index contributed by atoms with van der Waals surface area (Å²) in [7, 11) is 0. The molecule has 5 heteroatoms. The van der Waals surface area contributed by atoms with E-state index in [0.29, 0.717) is 32.5 Å². The zero-order chi connectivity index (χ0) is 21.4. The molecule has 2 aliphatic rings. The Hall–Kier alpha value is -3.78. The Balaban J connectivity index is 1.40. The van der Waals surface area contributed by atoms with Crippen LogP contribution in [0.1, 0.15) is 44.6 Å². The van der Waals surface area contributed by atoms with Crippen molar-refractivity contribution in [3.05, 3.63) is 99.4 Å². The Morgan fingerprint density at radius 1 is 1.03 bits per heavy atom. The van der Waals surface area contributed by atoms with E-state index in [-0.39, 0.29) is 5.91 Å². The van der Waals surface area contributed by atoms with E-state index >= 15 is 0 Å². The fourth-order valence-electron chi connectivity index (χ4n) is 4.38. The Labute approximate surface area is 181 Å². The molecule has 2 aliphatic heterocycles. The molecule has 152 valence electrons. The summed E-state index contributed by atoms with van der Waals surface area (Å²) < 4.78 is 0. The lowest BCUT2D eigenvalue weighted by molar-refractivity contribution is -0.132. The van der Waals surface area contributed by atoms with Crippen LogP contribution in [0.25, 0.3) is 0 Å². The molecule has 0 N–H and O–H groups in total. The fraction of sp³-hybridized carbons (Fsp3) is 0.231. The van der Waals surface area contributed by atoms with Crippen molar-refractivity contribution < 1.29 is 4.79 Å². The minimum Gasteiger partial charge on any atom is -0.334 e.